The van der Waals surface area contributed by atoms with Gasteiger partial charge >= 0.3 is 0 Å². The molecule has 3 rings (SSSR count). The zero-order valence-corrected chi connectivity index (χ0v) is 17.9. The van der Waals surface area contributed by atoms with Crippen molar-refractivity contribution in [2.75, 3.05) is 6.61 Å². The Bertz CT molecular complexity index is 918. The van der Waals surface area contributed by atoms with E-state index in [-0.39, 0.29) is 18.3 Å². The van der Waals surface area contributed by atoms with E-state index in [0.29, 0.717) is 6.61 Å². The second kappa shape index (κ2) is 13.3. The fraction of sp³-hybridized carbons (Fsp3) is 0.280. The highest BCUT2D eigenvalue weighted by atomic mass is 19.1. The number of ether oxygens (including phenoxy) is 1. The molecule has 0 fully saturated rings. The van der Waals surface area contributed by atoms with Crippen molar-refractivity contribution in [3.63, 3.8) is 0 Å². The Hall–Kier alpha value is -3.09. The normalized spacial score (nSPS) is 11.2. The van der Waals surface area contributed by atoms with Crippen LogP contribution in [-0.4, -0.2) is 28.8 Å². The molecule has 0 aliphatic rings. The highest BCUT2D eigenvalue weighted by Crippen LogP contribution is 2.21. The van der Waals surface area contributed by atoms with Crippen molar-refractivity contribution >= 4 is 5.91 Å². The molecule has 5 nitrogen and oxygen atoms in total. The van der Waals surface area contributed by atoms with Crippen molar-refractivity contribution in [2.24, 2.45) is 0 Å². The molecule has 0 saturated carbocycles. The lowest BCUT2D eigenvalue weighted by Gasteiger charge is -2.16. The zero-order valence-electron chi connectivity index (χ0n) is 17.9. The van der Waals surface area contributed by atoms with Crippen LogP contribution >= 0.6 is 0 Å². The van der Waals surface area contributed by atoms with Crippen LogP contribution in [0.15, 0.2) is 73.1 Å². The third-order valence-corrected chi connectivity index (χ3v) is 4.59. The summed E-state index contributed by atoms with van der Waals surface area (Å²) < 4.78 is 17.5. The SMILES string of the molecule is CCOC(CCc1ccc(-c2cncc(C)c2)cc1)CC(=O)NO.Fc1ccccc1. The molecule has 164 valence electrons. The Morgan fingerprint density at radius 2 is 1.81 bits per heavy atom. The van der Waals surface area contributed by atoms with Crippen LogP contribution in [0.3, 0.4) is 0 Å². The monoisotopic (exact) mass is 424 g/mol. The highest BCUT2D eigenvalue weighted by molar-refractivity contribution is 5.75. The number of aryl methyl sites for hydroxylation is 2. The number of carbonyl (C=O) groups is 1. The number of nitrogens with zero attached hydrogens (tertiary/aromatic N) is 1. The number of aromatic nitrogens is 1. The number of benzene rings is 2. The summed E-state index contributed by atoms with van der Waals surface area (Å²) >= 11 is 0. The average Bonchev–Trinajstić information content (AvgIpc) is 2.79. The lowest BCUT2D eigenvalue weighted by molar-refractivity contribution is -0.132. The maximum absolute atomic E-state index is 11.9. The van der Waals surface area contributed by atoms with Crippen LogP contribution in [0.1, 0.15) is 30.9 Å². The molecule has 0 spiro atoms. The van der Waals surface area contributed by atoms with E-state index in [4.69, 9.17) is 9.94 Å². The van der Waals surface area contributed by atoms with E-state index in [1.54, 1.807) is 23.7 Å². The number of carbonyl (C=O) groups excluding carboxylic acids is 1. The maximum atomic E-state index is 11.9. The van der Waals surface area contributed by atoms with Crippen molar-refractivity contribution in [1.82, 2.24) is 10.5 Å². The van der Waals surface area contributed by atoms with E-state index in [1.807, 2.05) is 26.2 Å². The first kappa shape index (κ1) is 24.2. The topological polar surface area (TPSA) is 71.5 Å². The second-order valence-electron chi connectivity index (χ2n) is 7.10. The van der Waals surface area contributed by atoms with Gasteiger partial charge in [-0.1, -0.05) is 42.5 Å². The zero-order chi connectivity index (χ0) is 22.5. The van der Waals surface area contributed by atoms with Crippen LogP contribution in [0.25, 0.3) is 11.1 Å². The molecule has 1 aromatic heterocycles. The Balaban J connectivity index is 0.000000412. The maximum Gasteiger partial charge on any atom is 0.245 e. The van der Waals surface area contributed by atoms with Crippen LogP contribution < -0.4 is 5.48 Å². The molecule has 0 bridgehead atoms. The summed E-state index contributed by atoms with van der Waals surface area (Å²) in [6, 6.07) is 18.4. The molecule has 3 aromatic rings. The molecular formula is C25H29FN2O3. The Morgan fingerprint density at radius 1 is 1.10 bits per heavy atom. The van der Waals surface area contributed by atoms with Gasteiger partial charge in [-0.25, -0.2) is 9.87 Å². The average molecular weight is 425 g/mol. The summed E-state index contributed by atoms with van der Waals surface area (Å²) in [5.41, 5.74) is 6.22. The quantitative estimate of drug-likeness (QED) is 0.389. The van der Waals surface area contributed by atoms with E-state index in [2.05, 4.69) is 35.3 Å². The molecule has 1 amide bonds. The molecule has 31 heavy (non-hydrogen) atoms. The smallest absolute Gasteiger partial charge is 0.245 e. The van der Waals surface area contributed by atoms with Crippen LogP contribution in [0.5, 0.6) is 0 Å². The number of amides is 1. The van der Waals surface area contributed by atoms with Gasteiger partial charge in [0.05, 0.1) is 12.5 Å². The lowest BCUT2D eigenvalue weighted by Crippen LogP contribution is -2.26. The number of hydrogen-bond acceptors (Lipinski definition) is 4. The van der Waals surface area contributed by atoms with Gasteiger partial charge in [-0.2, -0.15) is 0 Å². The van der Waals surface area contributed by atoms with Crippen LogP contribution in [0.2, 0.25) is 0 Å². The summed E-state index contributed by atoms with van der Waals surface area (Å²) in [5, 5.41) is 8.64. The van der Waals surface area contributed by atoms with Crippen LogP contribution in [-0.2, 0) is 16.0 Å². The Labute approximate surface area is 182 Å². The number of rotatable bonds is 8. The molecule has 2 aromatic carbocycles. The first-order chi connectivity index (χ1) is 15.0. The standard InChI is InChI=1S/C19H24N2O3.C6H5F/c1-3-24-18(11-19(22)21-23)9-6-15-4-7-16(8-5-15)17-10-14(2)12-20-13-17;7-6-4-2-1-3-5-6/h4-5,7-8,10,12-13,18,23H,3,6,9,11H2,1-2H3,(H,21,22);1-5H. The van der Waals surface area contributed by atoms with Crippen molar-refractivity contribution in [2.45, 2.75) is 39.2 Å². The number of nitrogens with one attached hydrogen (secondary N) is 1. The summed E-state index contributed by atoms with van der Waals surface area (Å²) in [6.07, 6.45) is 5.22. The fourth-order valence-electron chi connectivity index (χ4n) is 3.05. The minimum absolute atomic E-state index is 0.164. The predicted molar refractivity (Wildman–Crippen MR) is 119 cm³/mol. The lowest BCUT2D eigenvalue weighted by atomic mass is 10.0. The third kappa shape index (κ3) is 9.07. The van der Waals surface area contributed by atoms with Gasteiger partial charge < -0.3 is 4.74 Å². The van der Waals surface area contributed by atoms with Gasteiger partial charge in [0.15, 0.2) is 0 Å². The largest absolute Gasteiger partial charge is 0.378 e. The van der Waals surface area contributed by atoms with Gasteiger partial charge in [0, 0.05) is 24.6 Å². The molecule has 0 aliphatic heterocycles. The van der Waals surface area contributed by atoms with E-state index < -0.39 is 5.91 Å². The van der Waals surface area contributed by atoms with Gasteiger partial charge in [0.2, 0.25) is 5.91 Å². The van der Waals surface area contributed by atoms with Gasteiger partial charge in [-0.3, -0.25) is 15.0 Å². The molecule has 0 radical (unpaired) electrons. The predicted octanol–water partition coefficient (Wildman–Crippen LogP) is 5.12. The number of hydroxylamine groups is 1. The molecule has 0 saturated heterocycles. The molecule has 1 heterocycles. The van der Waals surface area contributed by atoms with E-state index >= 15 is 0 Å². The van der Waals surface area contributed by atoms with Crippen molar-refractivity contribution in [3.8, 4) is 11.1 Å². The number of hydrogen-bond donors (Lipinski definition) is 2. The first-order valence-corrected chi connectivity index (χ1v) is 10.3. The summed E-state index contributed by atoms with van der Waals surface area (Å²) in [4.78, 5) is 15.5. The van der Waals surface area contributed by atoms with Gasteiger partial charge in [-0.15, -0.1) is 0 Å². The van der Waals surface area contributed by atoms with E-state index in [1.165, 1.54) is 17.7 Å². The van der Waals surface area contributed by atoms with Crippen molar-refractivity contribution in [3.05, 3.63) is 90.0 Å². The molecule has 2 N–H and O–H groups in total. The Morgan fingerprint density at radius 3 is 2.35 bits per heavy atom. The third-order valence-electron chi connectivity index (χ3n) is 4.59. The van der Waals surface area contributed by atoms with Crippen molar-refractivity contribution < 1.29 is 19.1 Å². The van der Waals surface area contributed by atoms with Gasteiger partial charge in [0.25, 0.3) is 0 Å². The highest BCUT2D eigenvalue weighted by Gasteiger charge is 2.13. The molecule has 1 unspecified atom stereocenters. The minimum Gasteiger partial charge on any atom is -0.378 e. The van der Waals surface area contributed by atoms with Gasteiger partial charge in [0.1, 0.15) is 5.82 Å². The molecule has 6 heteroatoms. The Kier molecular flexibility index (Phi) is 10.3. The second-order valence-corrected chi connectivity index (χ2v) is 7.10. The van der Waals surface area contributed by atoms with E-state index in [0.717, 1.165) is 29.5 Å². The van der Waals surface area contributed by atoms with E-state index in [9.17, 15) is 9.18 Å². The molecule has 1 atom stereocenters. The van der Waals surface area contributed by atoms with Gasteiger partial charge in [-0.05, 0) is 61.6 Å². The van der Waals surface area contributed by atoms with Crippen LogP contribution in [0.4, 0.5) is 4.39 Å². The minimum atomic E-state index is -0.421. The van der Waals surface area contributed by atoms with Crippen molar-refractivity contribution in [1.29, 1.82) is 0 Å². The number of pyridine rings is 1. The summed E-state index contributed by atoms with van der Waals surface area (Å²) in [5.74, 6) is -0.599. The summed E-state index contributed by atoms with van der Waals surface area (Å²) in [7, 11) is 0. The first-order valence-electron chi connectivity index (χ1n) is 10.3. The fourth-order valence-corrected chi connectivity index (χ4v) is 3.05. The van der Waals surface area contributed by atoms with Crippen LogP contribution in [0, 0.1) is 12.7 Å². The number of halogens is 1. The molecule has 0 aliphatic carbocycles. The summed E-state index contributed by atoms with van der Waals surface area (Å²) in [6.45, 7) is 4.47. The molecular weight excluding hydrogens is 395 g/mol.